The summed E-state index contributed by atoms with van der Waals surface area (Å²) in [7, 11) is 0. The van der Waals surface area contributed by atoms with Crippen LogP contribution in [-0.4, -0.2) is 27.6 Å². The van der Waals surface area contributed by atoms with Crippen LogP contribution in [0.25, 0.3) is 11.0 Å². The maximum atomic E-state index is 12.1. The number of carbonyl (C=O) groups is 1. The molecule has 2 N–H and O–H groups in total. The van der Waals surface area contributed by atoms with E-state index in [1.54, 1.807) is 6.20 Å². The summed E-state index contributed by atoms with van der Waals surface area (Å²) in [5.41, 5.74) is 3.63. The SMILES string of the molecule is Cc1[nH]nc2ncc(C(=O)NCCC3=CCCC3)cc12. The molecule has 3 rings (SSSR count). The van der Waals surface area contributed by atoms with Crippen LogP contribution in [0.5, 0.6) is 0 Å². The molecule has 0 fully saturated rings. The monoisotopic (exact) mass is 270 g/mol. The van der Waals surface area contributed by atoms with Crippen LogP contribution >= 0.6 is 0 Å². The van der Waals surface area contributed by atoms with Crippen molar-refractivity contribution in [1.82, 2.24) is 20.5 Å². The summed E-state index contributed by atoms with van der Waals surface area (Å²) in [4.78, 5) is 16.3. The molecule has 2 aromatic heterocycles. The molecule has 5 heteroatoms. The average molecular weight is 270 g/mol. The lowest BCUT2D eigenvalue weighted by molar-refractivity contribution is 0.0954. The standard InChI is InChI=1S/C15H18N4O/c1-10-13-8-12(9-17-14(13)19-18-10)15(20)16-7-6-11-4-2-3-5-11/h4,8-9H,2-3,5-7H2,1H3,(H,16,20)(H,17,18,19). The summed E-state index contributed by atoms with van der Waals surface area (Å²) in [6.07, 6.45) is 8.43. The molecular formula is C15H18N4O. The van der Waals surface area contributed by atoms with Gasteiger partial charge in [-0.25, -0.2) is 4.98 Å². The maximum absolute atomic E-state index is 12.1. The van der Waals surface area contributed by atoms with Gasteiger partial charge in [0.2, 0.25) is 0 Å². The van der Waals surface area contributed by atoms with E-state index < -0.39 is 0 Å². The molecule has 0 saturated heterocycles. The first-order chi connectivity index (χ1) is 9.74. The molecule has 1 aliphatic rings. The third-order valence-electron chi connectivity index (χ3n) is 3.73. The zero-order valence-electron chi connectivity index (χ0n) is 11.6. The number of amides is 1. The van der Waals surface area contributed by atoms with E-state index >= 15 is 0 Å². The predicted molar refractivity (Wildman–Crippen MR) is 77.5 cm³/mol. The van der Waals surface area contributed by atoms with E-state index in [1.165, 1.54) is 24.8 Å². The van der Waals surface area contributed by atoms with Crippen molar-refractivity contribution >= 4 is 16.9 Å². The van der Waals surface area contributed by atoms with Crippen molar-refractivity contribution in [3.8, 4) is 0 Å². The van der Waals surface area contributed by atoms with E-state index in [0.29, 0.717) is 17.8 Å². The molecule has 2 heterocycles. The van der Waals surface area contributed by atoms with Gasteiger partial charge in [-0.1, -0.05) is 11.6 Å². The molecule has 0 aromatic carbocycles. The molecule has 1 amide bonds. The number of H-pyrrole nitrogens is 1. The number of nitrogens with one attached hydrogen (secondary N) is 2. The molecule has 1 aliphatic carbocycles. The highest BCUT2D eigenvalue weighted by atomic mass is 16.1. The van der Waals surface area contributed by atoms with Crippen LogP contribution < -0.4 is 5.32 Å². The Morgan fingerprint density at radius 2 is 2.40 bits per heavy atom. The first-order valence-electron chi connectivity index (χ1n) is 7.01. The quantitative estimate of drug-likeness (QED) is 0.838. The topological polar surface area (TPSA) is 70.7 Å². The van der Waals surface area contributed by atoms with Crippen molar-refractivity contribution in [2.45, 2.75) is 32.6 Å². The number of aromatic nitrogens is 3. The summed E-state index contributed by atoms with van der Waals surface area (Å²) in [5.74, 6) is -0.0707. The van der Waals surface area contributed by atoms with Gasteiger partial charge in [0.15, 0.2) is 5.65 Å². The fraction of sp³-hybridized carbons (Fsp3) is 0.400. The number of hydrogen-bond acceptors (Lipinski definition) is 3. The van der Waals surface area contributed by atoms with Gasteiger partial charge in [-0.15, -0.1) is 0 Å². The van der Waals surface area contributed by atoms with Crippen molar-refractivity contribution < 1.29 is 4.79 Å². The first-order valence-corrected chi connectivity index (χ1v) is 7.01. The van der Waals surface area contributed by atoms with Crippen molar-refractivity contribution in [3.63, 3.8) is 0 Å². The number of fused-ring (bicyclic) bond motifs is 1. The molecule has 0 aliphatic heterocycles. The Morgan fingerprint density at radius 1 is 1.50 bits per heavy atom. The second-order valence-electron chi connectivity index (χ2n) is 5.20. The molecule has 5 nitrogen and oxygen atoms in total. The van der Waals surface area contributed by atoms with Gasteiger partial charge >= 0.3 is 0 Å². The minimum Gasteiger partial charge on any atom is -0.352 e. The van der Waals surface area contributed by atoms with E-state index in [4.69, 9.17) is 0 Å². The highest BCUT2D eigenvalue weighted by Gasteiger charge is 2.10. The largest absolute Gasteiger partial charge is 0.352 e. The van der Waals surface area contributed by atoms with Crippen LogP contribution in [0.4, 0.5) is 0 Å². The van der Waals surface area contributed by atoms with Crippen LogP contribution in [0.15, 0.2) is 23.9 Å². The second-order valence-corrected chi connectivity index (χ2v) is 5.20. The van der Waals surface area contributed by atoms with E-state index in [9.17, 15) is 4.79 Å². The van der Waals surface area contributed by atoms with Gasteiger partial charge < -0.3 is 5.32 Å². The highest BCUT2D eigenvalue weighted by Crippen LogP contribution is 2.20. The molecule has 2 aromatic rings. The first kappa shape index (κ1) is 12.8. The Bertz CT molecular complexity index is 672. The Morgan fingerprint density at radius 3 is 3.20 bits per heavy atom. The zero-order chi connectivity index (χ0) is 13.9. The number of pyridine rings is 1. The number of rotatable bonds is 4. The Labute approximate surface area is 117 Å². The van der Waals surface area contributed by atoms with E-state index in [0.717, 1.165) is 17.5 Å². The zero-order valence-corrected chi connectivity index (χ0v) is 11.6. The summed E-state index contributed by atoms with van der Waals surface area (Å²) in [5, 5.41) is 10.8. The van der Waals surface area contributed by atoms with Crippen molar-refractivity contribution in [3.05, 3.63) is 35.2 Å². The third-order valence-corrected chi connectivity index (χ3v) is 3.73. The van der Waals surface area contributed by atoms with Crippen LogP contribution in [0, 0.1) is 6.92 Å². The van der Waals surface area contributed by atoms with E-state index in [-0.39, 0.29) is 5.91 Å². The average Bonchev–Trinajstić information content (AvgIpc) is 3.09. The van der Waals surface area contributed by atoms with Gasteiger partial charge in [0, 0.05) is 23.8 Å². The van der Waals surface area contributed by atoms with Gasteiger partial charge in [-0.05, 0) is 38.7 Å². The molecular weight excluding hydrogens is 252 g/mol. The number of aryl methyl sites for hydroxylation is 1. The molecule has 0 radical (unpaired) electrons. The molecule has 0 bridgehead atoms. The molecule has 0 unspecified atom stereocenters. The number of aromatic amines is 1. The summed E-state index contributed by atoms with van der Waals surface area (Å²) >= 11 is 0. The molecule has 0 spiro atoms. The number of carbonyl (C=O) groups excluding carboxylic acids is 1. The summed E-state index contributed by atoms with van der Waals surface area (Å²) < 4.78 is 0. The van der Waals surface area contributed by atoms with Crippen molar-refractivity contribution in [2.75, 3.05) is 6.54 Å². The smallest absolute Gasteiger partial charge is 0.252 e. The normalized spacial score (nSPS) is 14.6. The molecule has 0 saturated carbocycles. The Hall–Kier alpha value is -2.17. The van der Waals surface area contributed by atoms with E-state index in [2.05, 4.69) is 26.6 Å². The van der Waals surface area contributed by atoms with Gasteiger partial charge in [0.1, 0.15) is 0 Å². The lowest BCUT2D eigenvalue weighted by Crippen LogP contribution is -2.24. The Kier molecular flexibility index (Phi) is 3.50. The van der Waals surface area contributed by atoms with Gasteiger partial charge in [-0.2, -0.15) is 5.10 Å². The van der Waals surface area contributed by atoms with Gasteiger partial charge in [0.25, 0.3) is 5.91 Å². The predicted octanol–water partition coefficient (Wildman–Crippen LogP) is 2.50. The molecule has 0 atom stereocenters. The van der Waals surface area contributed by atoms with Gasteiger partial charge in [-0.3, -0.25) is 9.89 Å². The van der Waals surface area contributed by atoms with Crippen LogP contribution in [0.3, 0.4) is 0 Å². The van der Waals surface area contributed by atoms with Crippen LogP contribution in [-0.2, 0) is 0 Å². The minimum absolute atomic E-state index is 0.0707. The van der Waals surface area contributed by atoms with Crippen molar-refractivity contribution in [1.29, 1.82) is 0 Å². The fourth-order valence-corrected chi connectivity index (χ4v) is 2.55. The minimum atomic E-state index is -0.0707. The summed E-state index contributed by atoms with van der Waals surface area (Å²) in [6.45, 7) is 2.61. The number of hydrogen-bond donors (Lipinski definition) is 2. The van der Waals surface area contributed by atoms with E-state index in [1.807, 2.05) is 13.0 Å². The summed E-state index contributed by atoms with van der Waals surface area (Å²) in [6, 6.07) is 1.84. The maximum Gasteiger partial charge on any atom is 0.252 e. The lowest BCUT2D eigenvalue weighted by atomic mass is 10.1. The number of allylic oxidation sites excluding steroid dienone is 1. The second kappa shape index (κ2) is 5.45. The Balaban J connectivity index is 1.64. The van der Waals surface area contributed by atoms with Crippen LogP contribution in [0.2, 0.25) is 0 Å². The number of nitrogens with zero attached hydrogens (tertiary/aromatic N) is 2. The van der Waals surface area contributed by atoms with Crippen molar-refractivity contribution in [2.24, 2.45) is 0 Å². The third kappa shape index (κ3) is 2.57. The van der Waals surface area contributed by atoms with Gasteiger partial charge in [0.05, 0.1) is 5.56 Å². The fourth-order valence-electron chi connectivity index (χ4n) is 2.55. The van der Waals surface area contributed by atoms with Crippen LogP contribution in [0.1, 0.15) is 41.7 Å². The molecule has 104 valence electrons. The highest BCUT2D eigenvalue weighted by molar-refractivity contribution is 5.97. The lowest BCUT2D eigenvalue weighted by Gasteiger charge is -2.05. The molecule has 20 heavy (non-hydrogen) atoms.